The van der Waals surface area contributed by atoms with Gasteiger partial charge in [0.2, 0.25) is 0 Å². The summed E-state index contributed by atoms with van der Waals surface area (Å²) < 4.78 is 0. The number of hydrogen-bond acceptors (Lipinski definition) is 2. The highest BCUT2D eigenvalue weighted by atomic mass is 16.3. The summed E-state index contributed by atoms with van der Waals surface area (Å²) >= 11 is 0. The van der Waals surface area contributed by atoms with Crippen molar-refractivity contribution in [3.8, 4) is 0 Å². The molecule has 0 spiro atoms. The summed E-state index contributed by atoms with van der Waals surface area (Å²) in [5, 5.41) is 14.0. The summed E-state index contributed by atoms with van der Waals surface area (Å²) in [4.78, 5) is 10.9. The number of aliphatic hydroxyl groups excluding tert-OH is 1. The minimum atomic E-state index is -0.291. The summed E-state index contributed by atoms with van der Waals surface area (Å²) in [5.74, 6) is 0. The summed E-state index contributed by atoms with van der Waals surface area (Å²) in [6.07, 6.45) is 0. The van der Waals surface area contributed by atoms with E-state index in [1.807, 2.05) is 0 Å². The Morgan fingerprint density at radius 3 is 2.77 bits per heavy atom. The molecule has 0 saturated heterocycles. The molecule has 0 unspecified atom stereocenters. The molecule has 0 fully saturated rings. The zero-order valence-electron chi connectivity index (χ0n) is 7.37. The summed E-state index contributed by atoms with van der Waals surface area (Å²) in [7, 11) is 1.54. The maximum absolute atomic E-state index is 10.9. The largest absolute Gasteiger partial charge is 0.392 e. The van der Waals surface area contributed by atoms with Crippen molar-refractivity contribution in [1.82, 2.24) is 5.32 Å². The van der Waals surface area contributed by atoms with Crippen LogP contribution in [0.3, 0.4) is 0 Å². The maximum atomic E-state index is 10.9. The molecule has 0 aliphatic rings. The molecule has 1 aromatic rings. The van der Waals surface area contributed by atoms with Gasteiger partial charge in [-0.05, 0) is 6.07 Å². The van der Waals surface area contributed by atoms with Crippen LogP contribution in [0.2, 0.25) is 0 Å². The average Bonchev–Trinajstić information content (AvgIpc) is 2.18. The van der Waals surface area contributed by atoms with E-state index in [4.69, 9.17) is 5.11 Å². The second-order valence-corrected chi connectivity index (χ2v) is 2.52. The van der Waals surface area contributed by atoms with Gasteiger partial charge in [0, 0.05) is 18.3 Å². The molecule has 0 atom stereocenters. The van der Waals surface area contributed by atoms with Crippen LogP contribution < -0.4 is 10.6 Å². The van der Waals surface area contributed by atoms with E-state index in [0.717, 1.165) is 0 Å². The van der Waals surface area contributed by atoms with Crippen molar-refractivity contribution in [3.05, 3.63) is 29.8 Å². The Kier molecular flexibility index (Phi) is 3.28. The van der Waals surface area contributed by atoms with Gasteiger partial charge in [0.25, 0.3) is 0 Å². The van der Waals surface area contributed by atoms with Crippen LogP contribution in [0.1, 0.15) is 5.56 Å². The molecule has 0 aromatic heterocycles. The second-order valence-electron chi connectivity index (χ2n) is 2.52. The molecule has 1 rings (SSSR count). The summed E-state index contributed by atoms with van der Waals surface area (Å²) in [5.41, 5.74) is 1.33. The topological polar surface area (TPSA) is 61.4 Å². The van der Waals surface area contributed by atoms with Gasteiger partial charge in [-0.15, -0.1) is 0 Å². The first kappa shape index (κ1) is 9.54. The lowest BCUT2D eigenvalue weighted by atomic mass is 10.2. The van der Waals surface area contributed by atoms with Crippen molar-refractivity contribution in [2.24, 2.45) is 0 Å². The van der Waals surface area contributed by atoms with Crippen LogP contribution in [0.5, 0.6) is 0 Å². The first-order valence-electron chi connectivity index (χ1n) is 3.95. The number of aliphatic hydroxyl groups is 1. The molecule has 13 heavy (non-hydrogen) atoms. The van der Waals surface area contributed by atoms with Crippen molar-refractivity contribution in [3.63, 3.8) is 0 Å². The predicted molar refractivity (Wildman–Crippen MR) is 50.4 cm³/mol. The van der Waals surface area contributed by atoms with Gasteiger partial charge in [0.1, 0.15) is 0 Å². The zero-order valence-corrected chi connectivity index (χ0v) is 7.37. The molecule has 2 amide bonds. The molecule has 3 N–H and O–H groups in total. The number of hydrogen-bond donors (Lipinski definition) is 3. The van der Waals surface area contributed by atoms with E-state index in [-0.39, 0.29) is 12.6 Å². The van der Waals surface area contributed by atoms with Crippen LogP contribution in [0, 0.1) is 0 Å². The minimum absolute atomic E-state index is 0.0832. The third-order valence-corrected chi connectivity index (χ3v) is 1.66. The number of amides is 2. The lowest BCUT2D eigenvalue weighted by Crippen LogP contribution is -2.25. The number of rotatable bonds is 2. The Morgan fingerprint density at radius 1 is 1.46 bits per heavy atom. The number of nitrogens with one attached hydrogen (secondary N) is 2. The Labute approximate surface area is 76.6 Å². The number of benzene rings is 1. The second kappa shape index (κ2) is 4.47. The van der Waals surface area contributed by atoms with Crippen molar-refractivity contribution in [2.45, 2.75) is 6.61 Å². The first-order valence-corrected chi connectivity index (χ1v) is 3.95. The molecular weight excluding hydrogens is 168 g/mol. The highest BCUT2D eigenvalue weighted by Gasteiger charge is 2.02. The van der Waals surface area contributed by atoms with E-state index >= 15 is 0 Å². The van der Waals surface area contributed by atoms with E-state index < -0.39 is 0 Å². The normalized spacial score (nSPS) is 9.38. The average molecular weight is 180 g/mol. The van der Waals surface area contributed by atoms with Crippen molar-refractivity contribution < 1.29 is 9.90 Å². The predicted octanol–water partition coefficient (Wildman–Crippen LogP) is 0.930. The number of anilines is 1. The van der Waals surface area contributed by atoms with Crippen LogP contribution in [0.15, 0.2) is 24.3 Å². The maximum Gasteiger partial charge on any atom is 0.318 e. The van der Waals surface area contributed by atoms with Crippen LogP contribution in [0.4, 0.5) is 10.5 Å². The molecule has 0 aliphatic carbocycles. The molecule has 0 aliphatic heterocycles. The highest BCUT2D eigenvalue weighted by molar-refractivity contribution is 5.89. The fourth-order valence-corrected chi connectivity index (χ4v) is 0.965. The van der Waals surface area contributed by atoms with Gasteiger partial charge in [-0.25, -0.2) is 4.79 Å². The number of urea groups is 1. The van der Waals surface area contributed by atoms with E-state index in [9.17, 15) is 4.79 Å². The fraction of sp³-hybridized carbons (Fsp3) is 0.222. The molecular formula is C9H12N2O2. The highest BCUT2D eigenvalue weighted by Crippen LogP contribution is 2.13. The third kappa shape index (κ3) is 2.45. The molecule has 0 heterocycles. The summed E-state index contributed by atoms with van der Waals surface area (Å²) in [6.45, 7) is -0.0832. The smallest absolute Gasteiger partial charge is 0.318 e. The van der Waals surface area contributed by atoms with Gasteiger partial charge in [-0.2, -0.15) is 0 Å². The zero-order chi connectivity index (χ0) is 9.68. The van der Waals surface area contributed by atoms with Crippen molar-refractivity contribution in [2.75, 3.05) is 12.4 Å². The SMILES string of the molecule is CNC(=O)Nc1ccccc1CO. The van der Waals surface area contributed by atoms with Crippen molar-refractivity contribution >= 4 is 11.7 Å². The standard InChI is InChI=1S/C9H12N2O2/c1-10-9(13)11-8-5-3-2-4-7(8)6-12/h2-5,12H,6H2,1H3,(H2,10,11,13). The van der Waals surface area contributed by atoms with E-state index in [1.54, 1.807) is 24.3 Å². The molecule has 4 nitrogen and oxygen atoms in total. The number of carbonyl (C=O) groups excluding carboxylic acids is 1. The minimum Gasteiger partial charge on any atom is -0.392 e. The quantitative estimate of drug-likeness (QED) is 0.634. The Balaban J connectivity index is 2.81. The number of para-hydroxylation sites is 1. The number of carbonyl (C=O) groups is 1. The van der Waals surface area contributed by atoms with Crippen LogP contribution in [0.25, 0.3) is 0 Å². The van der Waals surface area contributed by atoms with Gasteiger partial charge in [0.15, 0.2) is 0 Å². The van der Waals surface area contributed by atoms with Gasteiger partial charge < -0.3 is 15.7 Å². The Hall–Kier alpha value is -1.55. The molecule has 1 aromatic carbocycles. The van der Waals surface area contributed by atoms with Gasteiger partial charge in [0.05, 0.1) is 6.61 Å². The van der Waals surface area contributed by atoms with Crippen LogP contribution in [-0.4, -0.2) is 18.2 Å². The molecule has 70 valence electrons. The van der Waals surface area contributed by atoms with Crippen LogP contribution in [-0.2, 0) is 6.61 Å². The van der Waals surface area contributed by atoms with E-state index in [0.29, 0.717) is 11.3 Å². The Bertz CT molecular complexity index is 299. The molecule has 0 radical (unpaired) electrons. The van der Waals surface area contributed by atoms with Crippen LogP contribution >= 0.6 is 0 Å². The molecule has 0 bridgehead atoms. The molecule has 0 saturated carbocycles. The van der Waals surface area contributed by atoms with E-state index in [2.05, 4.69) is 10.6 Å². The van der Waals surface area contributed by atoms with E-state index in [1.165, 1.54) is 7.05 Å². The lowest BCUT2D eigenvalue weighted by molar-refractivity contribution is 0.253. The lowest BCUT2D eigenvalue weighted by Gasteiger charge is -2.07. The van der Waals surface area contributed by atoms with Crippen molar-refractivity contribution in [1.29, 1.82) is 0 Å². The monoisotopic (exact) mass is 180 g/mol. The molecule has 4 heteroatoms. The van der Waals surface area contributed by atoms with Gasteiger partial charge in [-0.3, -0.25) is 0 Å². The van der Waals surface area contributed by atoms with Gasteiger partial charge in [-0.1, -0.05) is 18.2 Å². The summed E-state index contributed by atoms with van der Waals surface area (Å²) in [6, 6.07) is 6.80. The Morgan fingerprint density at radius 2 is 2.15 bits per heavy atom. The fourth-order valence-electron chi connectivity index (χ4n) is 0.965. The first-order chi connectivity index (χ1) is 6.27. The third-order valence-electron chi connectivity index (χ3n) is 1.66. The van der Waals surface area contributed by atoms with Gasteiger partial charge >= 0.3 is 6.03 Å².